The Morgan fingerprint density at radius 3 is 2.60 bits per heavy atom. The lowest BCUT2D eigenvalue weighted by molar-refractivity contribution is 0.0862. The fourth-order valence-electron chi connectivity index (χ4n) is 1.49. The van der Waals surface area contributed by atoms with E-state index in [-0.39, 0.29) is 6.61 Å². The van der Waals surface area contributed by atoms with Crippen molar-refractivity contribution in [3.05, 3.63) is 34.9 Å². The summed E-state index contributed by atoms with van der Waals surface area (Å²) in [5.74, 6) is 0. The summed E-state index contributed by atoms with van der Waals surface area (Å²) < 4.78 is 0. The molecule has 0 unspecified atom stereocenters. The molecule has 0 saturated carbocycles. The van der Waals surface area contributed by atoms with E-state index in [0.717, 1.165) is 29.8 Å². The zero-order valence-electron chi connectivity index (χ0n) is 8.69. The summed E-state index contributed by atoms with van der Waals surface area (Å²) in [4.78, 5) is 0. The van der Waals surface area contributed by atoms with Gasteiger partial charge in [0.05, 0.1) is 12.7 Å². The van der Waals surface area contributed by atoms with Gasteiger partial charge in [0.2, 0.25) is 0 Å². The van der Waals surface area contributed by atoms with Gasteiger partial charge in [0.25, 0.3) is 0 Å². The standard InChI is InChI=1S/C12H17ClO2/c13-12-8-4-2-6-10(12)5-1-3-7-11(15)9-14/h2,4,6,8,11,14-15H,1,3,5,7,9H2/t11-/m1/s1. The molecule has 15 heavy (non-hydrogen) atoms. The van der Waals surface area contributed by atoms with Gasteiger partial charge in [0, 0.05) is 5.02 Å². The van der Waals surface area contributed by atoms with Crippen LogP contribution in [0.3, 0.4) is 0 Å². The molecule has 1 atom stereocenters. The third kappa shape index (κ3) is 4.65. The molecule has 84 valence electrons. The Hall–Kier alpha value is -0.570. The van der Waals surface area contributed by atoms with Gasteiger partial charge in [-0.15, -0.1) is 0 Å². The minimum Gasteiger partial charge on any atom is -0.394 e. The van der Waals surface area contributed by atoms with Crippen molar-refractivity contribution in [3.8, 4) is 0 Å². The zero-order valence-corrected chi connectivity index (χ0v) is 9.45. The average Bonchev–Trinajstić information content (AvgIpc) is 2.26. The number of aliphatic hydroxyl groups excluding tert-OH is 2. The van der Waals surface area contributed by atoms with Crippen LogP contribution in [0.25, 0.3) is 0 Å². The number of hydrogen-bond acceptors (Lipinski definition) is 2. The Morgan fingerprint density at radius 2 is 1.93 bits per heavy atom. The van der Waals surface area contributed by atoms with Crippen molar-refractivity contribution in [1.29, 1.82) is 0 Å². The second kappa shape index (κ2) is 6.83. The van der Waals surface area contributed by atoms with Crippen LogP contribution in [0.5, 0.6) is 0 Å². The highest BCUT2D eigenvalue weighted by Crippen LogP contribution is 2.17. The van der Waals surface area contributed by atoms with Crippen molar-refractivity contribution >= 4 is 11.6 Å². The van der Waals surface area contributed by atoms with E-state index >= 15 is 0 Å². The van der Waals surface area contributed by atoms with Crippen LogP contribution in [0.1, 0.15) is 24.8 Å². The van der Waals surface area contributed by atoms with Crippen LogP contribution in [0, 0.1) is 0 Å². The van der Waals surface area contributed by atoms with Gasteiger partial charge in [-0.25, -0.2) is 0 Å². The number of rotatable bonds is 6. The maximum atomic E-state index is 9.13. The summed E-state index contributed by atoms with van der Waals surface area (Å²) in [5.41, 5.74) is 1.15. The number of aryl methyl sites for hydroxylation is 1. The van der Waals surface area contributed by atoms with Gasteiger partial charge in [0.1, 0.15) is 0 Å². The van der Waals surface area contributed by atoms with Gasteiger partial charge in [-0.3, -0.25) is 0 Å². The molecule has 2 N–H and O–H groups in total. The number of unbranched alkanes of at least 4 members (excludes halogenated alkanes) is 1. The average molecular weight is 229 g/mol. The van der Waals surface area contributed by atoms with Crippen LogP contribution in [-0.2, 0) is 6.42 Å². The first-order valence-electron chi connectivity index (χ1n) is 5.26. The monoisotopic (exact) mass is 228 g/mol. The predicted octanol–water partition coefficient (Wildman–Crippen LogP) is 2.41. The van der Waals surface area contributed by atoms with Gasteiger partial charge in [-0.1, -0.05) is 36.2 Å². The van der Waals surface area contributed by atoms with Crippen LogP contribution in [0.2, 0.25) is 5.02 Å². The minimum atomic E-state index is -0.573. The molecule has 1 aromatic carbocycles. The van der Waals surface area contributed by atoms with Gasteiger partial charge in [-0.2, -0.15) is 0 Å². The lowest BCUT2D eigenvalue weighted by Crippen LogP contribution is -2.11. The van der Waals surface area contributed by atoms with E-state index in [2.05, 4.69) is 0 Å². The van der Waals surface area contributed by atoms with E-state index < -0.39 is 6.10 Å². The molecule has 1 aromatic rings. The van der Waals surface area contributed by atoms with E-state index in [4.69, 9.17) is 21.8 Å². The number of hydrogen-bond donors (Lipinski definition) is 2. The number of aliphatic hydroxyl groups is 2. The lowest BCUT2D eigenvalue weighted by Gasteiger charge is -2.07. The summed E-state index contributed by atoms with van der Waals surface area (Å²) in [6.07, 6.45) is 2.91. The van der Waals surface area contributed by atoms with E-state index in [0.29, 0.717) is 6.42 Å². The molecule has 0 aliphatic carbocycles. The molecule has 0 aliphatic rings. The Balaban J connectivity index is 2.23. The first kappa shape index (κ1) is 12.5. The van der Waals surface area contributed by atoms with E-state index in [9.17, 15) is 0 Å². The van der Waals surface area contributed by atoms with Crippen molar-refractivity contribution < 1.29 is 10.2 Å². The second-order valence-electron chi connectivity index (χ2n) is 3.67. The molecule has 0 saturated heterocycles. The molecule has 0 aliphatic heterocycles. The SMILES string of the molecule is OC[C@H](O)CCCCc1ccccc1Cl. The summed E-state index contributed by atoms with van der Waals surface area (Å²) in [5, 5.41) is 18.6. The molecule has 0 fully saturated rings. The van der Waals surface area contributed by atoms with E-state index in [1.165, 1.54) is 0 Å². The van der Waals surface area contributed by atoms with Crippen LogP contribution in [0.4, 0.5) is 0 Å². The molecular weight excluding hydrogens is 212 g/mol. The molecule has 0 spiro atoms. The largest absolute Gasteiger partial charge is 0.394 e. The third-order valence-electron chi connectivity index (χ3n) is 2.40. The van der Waals surface area contributed by atoms with Crippen LogP contribution >= 0.6 is 11.6 Å². The quantitative estimate of drug-likeness (QED) is 0.735. The van der Waals surface area contributed by atoms with Crippen LogP contribution in [-0.4, -0.2) is 22.9 Å². The molecule has 2 nitrogen and oxygen atoms in total. The number of halogens is 1. The third-order valence-corrected chi connectivity index (χ3v) is 2.77. The zero-order chi connectivity index (χ0) is 11.1. The highest BCUT2D eigenvalue weighted by Gasteiger charge is 2.02. The summed E-state index contributed by atoms with van der Waals surface area (Å²) in [6, 6.07) is 7.80. The summed E-state index contributed by atoms with van der Waals surface area (Å²) in [6.45, 7) is -0.147. The van der Waals surface area contributed by atoms with E-state index in [1.54, 1.807) is 0 Å². The Bertz CT molecular complexity index is 289. The molecule has 0 bridgehead atoms. The van der Waals surface area contributed by atoms with Crippen molar-refractivity contribution in [2.45, 2.75) is 31.8 Å². The van der Waals surface area contributed by atoms with Gasteiger partial charge < -0.3 is 10.2 Å². The second-order valence-corrected chi connectivity index (χ2v) is 4.08. The fourth-order valence-corrected chi connectivity index (χ4v) is 1.72. The minimum absolute atomic E-state index is 0.147. The van der Waals surface area contributed by atoms with Gasteiger partial charge in [0.15, 0.2) is 0 Å². The van der Waals surface area contributed by atoms with Crippen LogP contribution in [0.15, 0.2) is 24.3 Å². The first-order valence-corrected chi connectivity index (χ1v) is 5.64. The Labute approximate surface area is 95.5 Å². The summed E-state index contributed by atoms with van der Waals surface area (Å²) >= 11 is 6.00. The van der Waals surface area contributed by atoms with Crippen molar-refractivity contribution in [2.75, 3.05) is 6.61 Å². The highest BCUT2D eigenvalue weighted by molar-refractivity contribution is 6.31. The van der Waals surface area contributed by atoms with Crippen molar-refractivity contribution in [2.24, 2.45) is 0 Å². The molecule has 0 radical (unpaired) electrons. The molecule has 0 aromatic heterocycles. The van der Waals surface area contributed by atoms with Crippen molar-refractivity contribution in [3.63, 3.8) is 0 Å². The Morgan fingerprint density at radius 1 is 1.20 bits per heavy atom. The van der Waals surface area contributed by atoms with Crippen LogP contribution < -0.4 is 0 Å². The van der Waals surface area contributed by atoms with Gasteiger partial charge in [-0.05, 0) is 30.9 Å². The molecule has 1 rings (SSSR count). The lowest BCUT2D eigenvalue weighted by atomic mass is 10.1. The molecule has 0 heterocycles. The van der Waals surface area contributed by atoms with E-state index in [1.807, 2.05) is 24.3 Å². The molecular formula is C12H17ClO2. The normalized spacial score (nSPS) is 12.7. The molecule has 3 heteroatoms. The highest BCUT2D eigenvalue weighted by atomic mass is 35.5. The van der Waals surface area contributed by atoms with Crippen molar-refractivity contribution in [1.82, 2.24) is 0 Å². The maximum absolute atomic E-state index is 9.13. The maximum Gasteiger partial charge on any atom is 0.0770 e. The number of benzene rings is 1. The summed E-state index contributed by atoms with van der Waals surface area (Å²) in [7, 11) is 0. The predicted molar refractivity (Wildman–Crippen MR) is 62.1 cm³/mol. The fraction of sp³-hybridized carbons (Fsp3) is 0.500. The smallest absolute Gasteiger partial charge is 0.0770 e. The topological polar surface area (TPSA) is 40.5 Å². The Kier molecular flexibility index (Phi) is 5.69. The van der Waals surface area contributed by atoms with Gasteiger partial charge >= 0.3 is 0 Å². The first-order chi connectivity index (χ1) is 7.24. The molecule has 0 amide bonds.